The second kappa shape index (κ2) is 9.07. The molecule has 0 radical (unpaired) electrons. The number of nitrogens with two attached hydrogens (primary N) is 1. The van der Waals surface area contributed by atoms with E-state index in [-0.39, 0.29) is 22.2 Å². The molecule has 0 spiro atoms. The van der Waals surface area contributed by atoms with Gasteiger partial charge in [0.05, 0.1) is 16.4 Å². The van der Waals surface area contributed by atoms with Gasteiger partial charge < -0.3 is 15.8 Å². The number of rotatable bonds is 8. The number of ether oxygens (including phenoxy) is 1. The normalized spacial score (nSPS) is 10.2. The van der Waals surface area contributed by atoms with Crippen LogP contribution in [0.1, 0.15) is 0 Å². The van der Waals surface area contributed by atoms with E-state index >= 15 is 0 Å². The van der Waals surface area contributed by atoms with Crippen molar-refractivity contribution in [3.05, 3.63) is 57.6 Å². The molecule has 0 saturated carbocycles. The van der Waals surface area contributed by atoms with Gasteiger partial charge in [-0.3, -0.25) is 19.7 Å². The Bertz CT molecular complexity index is 846. The van der Waals surface area contributed by atoms with E-state index in [4.69, 9.17) is 22.1 Å². The number of nitro groups is 1. The van der Waals surface area contributed by atoms with E-state index in [0.717, 1.165) is 6.07 Å². The summed E-state index contributed by atoms with van der Waals surface area (Å²) in [6.07, 6.45) is 0. The van der Waals surface area contributed by atoms with Gasteiger partial charge >= 0.3 is 5.69 Å². The summed E-state index contributed by atoms with van der Waals surface area (Å²) in [4.78, 5) is 34.0. The van der Waals surface area contributed by atoms with Crippen molar-refractivity contribution in [3.8, 4) is 5.75 Å². The molecule has 0 aliphatic rings. The van der Waals surface area contributed by atoms with E-state index in [1.165, 1.54) is 23.9 Å². The molecule has 0 aromatic heterocycles. The van der Waals surface area contributed by atoms with Gasteiger partial charge in [-0.25, -0.2) is 0 Å². The van der Waals surface area contributed by atoms with Crippen LogP contribution in [0, 0.1) is 10.1 Å². The quantitative estimate of drug-likeness (QED) is 0.402. The Kier molecular flexibility index (Phi) is 6.81. The van der Waals surface area contributed by atoms with Gasteiger partial charge in [-0.2, -0.15) is 0 Å². The highest BCUT2D eigenvalue weighted by Crippen LogP contribution is 2.30. The molecule has 10 heteroatoms. The molecule has 3 N–H and O–H groups in total. The molecule has 136 valence electrons. The summed E-state index contributed by atoms with van der Waals surface area (Å²) < 4.78 is 5.23. The zero-order chi connectivity index (χ0) is 19.1. The van der Waals surface area contributed by atoms with Crippen LogP contribution < -0.4 is 15.8 Å². The highest BCUT2D eigenvalue weighted by atomic mass is 35.5. The number of amides is 2. The maximum Gasteiger partial charge on any atom is 0.312 e. The van der Waals surface area contributed by atoms with Crippen LogP contribution in [0.3, 0.4) is 0 Å². The number of hydrogen-bond acceptors (Lipinski definition) is 6. The van der Waals surface area contributed by atoms with Crippen LogP contribution >= 0.6 is 23.4 Å². The Balaban J connectivity index is 2.02. The minimum absolute atomic E-state index is 0.0639. The lowest BCUT2D eigenvalue weighted by atomic mass is 10.3. The van der Waals surface area contributed by atoms with E-state index in [1.807, 2.05) is 0 Å². The summed E-state index contributed by atoms with van der Waals surface area (Å²) in [6, 6.07) is 10.8. The van der Waals surface area contributed by atoms with Gasteiger partial charge in [0.15, 0.2) is 12.4 Å². The van der Waals surface area contributed by atoms with Crippen molar-refractivity contribution in [2.24, 2.45) is 5.73 Å². The van der Waals surface area contributed by atoms with Crippen molar-refractivity contribution < 1.29 is 19.2 Å². The maximum atomic E-state index is 12.1. The topological polar surface area (TPSA) is 125 Å². The number of thioether (sulfide) groups is 1. The number of nitrogens with zero attached hydrogens (tertiary/aromatic N) is 1. The number of carbonyl (C=O) groups is 2. The van der Waals surface area contributed by atoms with Crippen LogP contribution in [0.25, 0.3) is 0 Å². The van der Waals surface area contributed by atoms with E-state index in [2.05, 4.69) is 5.32 Å². The van der Waals surface area contributed by atoms with Crippen molar-refractivity contribution in [2.75, 3.05) is 17.7 Å². The van der Waals surface area contributed by atoms with E-state index in [9.17, 15) is 19.7 Å². The lowest BCUT2D eigenvalue weighted by Gasteiger charge is -2.11. The van der Waals surface area contributed by atoms with Gasteiger partial charge in [0.25, 0.3) is 5.91 Å². The number of carbonyl (C=O) groups excluding carboxylic acids is 2. The van der Waals surface area contributed by atoms with Crippen molar-refractivity contribution in [2.45, 2.75) is 4.90 Å². The monoisotopic (exact) mass is 395 g/mol. The lowest BCUT2D eigenvalue weighted by molar-refractivity contribution is -0.385. The molecule has 0 heterocycles. The smallest absolute Gasteiger partial charge is 0.312 e. The molecule has 0 fully saturated rings. The van der Waals surface area contributed by atoms with Crippen molar-refractivity contribution in [1.29, 1.82) is 0 Å². The number of halogens is 1. The van der Waals surface area contributed by atoms with E-state index < -0.39 is 23.3 Å². The second-order valence-corrected chi connectivity index (χ2v) is 6.41. The molecular weight excluding hydrogens is 382 g/mol. The summed E-state index contributed by atoms with van der Waals surface area (Å²) in [6.45, 7) is -0.433. The predicted molar refractivity (Wildman–Crippen MR) is 98.6 cm³/mol. The Morgan fingerprint density at radius 2 is 2.00 bits per heavy atom. The van der Waals surface area contributed by atoms with Gasteiger partial charge in [-0.15, -0.1) is 11.8 Å². The summed E-state index contributed by atoms with van der Waals surface area (Å²) in [5.74, 6) is -0.984. The van der Waals surface area contributed by atoms with Crippen LogP contribution in [0.4, 0.5) is 11.4 Å². The summed E-state index contributed by atoms with van der Waals surface area (Å²) >= 11 is 6.91. The molecule has 26 heavy (non-hydrogen) atoms. The molecule has 0 aliphatic carbocycles. The van der Waals surface area contributed by atoms with Gasteiger partial charge in [0, 0.05) is 16.0 Å². The van der Waals surface area contributed by atoms with Crippen LogP contribution in [0.15, 0.2) is 47.4 Å². The molecular formula is C16H14ClN3O5S. The number of nitrogens with one attached hydrogen (secondary N) is 1. The Morgan fingerprint density at radius 1 is 1.27 bits per heavy atom. The average molecular weight is 396 g/mol. The Hall–Kier alpha value is -2.78. The van der Waals surface area contributed by atoms with E-state index in [1.54, 1.807) is 24.3 Å². The van der Waals surface area contributed by atoms with Crippen molar-refractivity contribution in [3.63, 3.8) is 0 Å². The summed E-state index contributed by atoms with van der Waals surface area (Å²) in [5, 5.41) is 13.8. The lowest BCUT2D eigenvalue weighted by Crippen LogP contribution is -2.21. The zero-order valence-corrected chi connectivity index (χ0v) is 14.9. The maximum absolute atomic E-state index is 12.1. The molecule has 2 aromatic rings. The molecule has 0 bridgehead atoms. The first-order valence-electron chi connectivity index (χ1n) is 7.23. The first-order chi connectivity index (χ1) is 12.4. The third-order valence-corrected chi connectivity index (χ3v) is 4.34. The zero-order valence-electron chi connectivity index (χ0n) is 13.3. The Labute approximate surface area is 157 Å². The fraction of sp³-hybridized carbons (Fsp3) is 0.125. The number of benzene rings is 2. The van der Waals surface area contributed by atoms with Crippen molar-refractivity contribution in [1.82, 2.24) is 0 Å². The van der Waals surface area contributed by atoms with Crippen LogP contribution in [0.5, 0.6) is 5.75 Å². The highest BCUT2D eigenvalue weighted by Gasteiger charge is 2.17. The number of para-hydroxylation sites is 1. The summed E-state index contributed by atoms with van der Waals surface area (Å²) in [7, 11) is 0. The second-order valence-electron chi connectivity index (χ2n) is 4.96. The molecule has 0 atom stereocenters. The largest absolute Gasteiger partial charge is 0.477 e. The minimum atomic E-state index is -0.644. The first-order valence-corrected chi connectivity index (χ1v) is 8.60. The molecule has 2 amide bonds. The first kappa shape index (κ1) is 19.5. The van der Waals surface area contributed by atoms with Gasteiger partial charge in [-0.1, -0.05) is 23.7 Å². The van der Waals surface area contributed by atoms with Crippen LogP contribution in [-0.2, 0) is 9.59 Å². The predicted octanol–water partition coefficient (Wildman–Crippen LogP) is 2.84. The number of hydrogen-bond donors (Lipinski definition) is 2. The van der Waals surface area contributed by atoms with Crippen LogP contribution in [0.2, 0.25) is 5.02 Å². The van der Waals surface area contributed by atoms with Gasteiger partial charge in [-0.05, 0) is 24.3 Å². The van der Waals surface area contributed by atoms with Gasteiger partial charge in [0.2, 0.25) is 5.91 Å². The summed E-state index contributed by atoms with van der Waals surface area (Å²) in [5.41, 5.74) is 5.27. The third-order valence-electron chi connectivity index (χ3n) is 3.01. The van der Waals surface area contributed by atoms with E-state index in [0.29, 0.717) is 10.6 Å². The average Bonchev–Trinajstić information content (AvgIpc) is 2.59. The van der Waals surface area contributed by atoms with Crippen LogP contribution in [-0.4, -0.2) is 29.1 Å². The number of anilines is 1. The molecule has 0 unspecified atom stereocenters. The third kappa shape index (κ3) is 5.64. The molecule has 2 rings (SSSR count). The number of nitro benzene ring substituents is 1. The minimum Gasteiger partial charge on any atom is -0.477 e. The molecule has 0 saturated heterocycles. The standard InChI is InChI=1S/C16H14ClN3O5S/c17-10-5-6-13(12(7-10)20(23)24)25-8-16(22)19-11-3-1-2-4-14(11)26-9-15(18)21/h1-7H,8-9H2,(H2,18,21)(H,19,22). The molecule has 2 aromatic carbocycles. The number of primary amides is 1. The Morgan fingerprint density at radius 3 is 2.69 bits per heavy atom. The van der Waals surface area contributed by atoms with Crippen molar-refractivity contribution >= 4 is 46.6 Å². The SMILES string of the molecule is NC(=O)CSc1ccccc1NC(=O)COc1ccc(Cl)cc1[N+](=O)[O-]. The highest BCUT2D eigenvalue weighted by molar-refractivity contribution is 8.00. The van der Waals surface area contributed by atoms with Gasteiger partial charge in [0.1, 0.15) is 0 Å². The fourth-order valence-corrected chi connectivity index (χ4v) is 2.84. The molecule has 0 aliphatic heterocycles. The fourth-order valence-electron chi connectivity index (χ4n) is 1.93. The molecule has 8 nitrogen and oxygen atoms in total.